The number of anilines is 3. The molecule has 24 heavy (non-hydrogen) atoms. The monoisotopic (exact) mass is 318 g/mol. The number of aromatic nitrogens is 2. The molecule has 0 radical (unpaired) electrons. The van der Waals surface area contributed by atoms with Crippen LogP contribution < -0.4 is 10.2 Å². The second kappa shape index (κ2) is 6.87. The first kappa shape index (κ1) is 14.9. The van der Waals surface area contributed by atoms with Gasteiger partial charge in [-0.2, -0.15) is 0 Å². The summed E-state index contributed by atoms with van der Waals surface area (Å²) in [5.41, 5.74) is 3.32. The van der Waals surface area contributed by atoms with Gasteiger partial charge in [-0.15, -0.1) is 0 Å². The Bertz CT molecular complexity index is 800. The van der Waals surface area contributed by atoms with E-state index in [1.165, 1.54) is 44.5 Å². The van der Waals surface area contributed by atoms with Crippen molar-refractivity contribution in [3.05, 3.63) is 54.9 Å². The number of hydrogen-bond acceptors (Lipinski definition) is 4. The molecular formula is C20H22N4. The molecule has 4 rings (SSSR count). The lowest BCUT2D eigenvalue weighted by Gasteiger charge is -2.22. The van der Waals surface area contributed by atoms with Gasteiger partial charge in [0, 0.05) is 29.9 Å². The summed E-state index contributed by atoms with van der Waals surface area (Å²) in [5, 5.41) is 4.46. The van der Waals surface area contributed by atoms with Crippen LogP contribution in [-0.4, -0.2) is 23.1 Å². The Hall–Kier alpha value is -2.62. The van der Waals surface area contributed by atoms with E-state index in [1.807, 2.05) is 24.3 Å². The number of rotatable bonds is 3. The van der Waals surface area contributed by atoms with Gasteiger partial charge in [0.1, 0.15) is 12.1 Å². The van der Waals surface area contributed by atoms with E-state index < -0.39 is 0 Å². The van der Waals surface area contributed by atoms with Gasteiger partial charge in [-0.3, -0.25) is 0 Å². The fraction of sp³-hybridized carbons (Fsp3) is 0.300. The van der Waals surface area contributed by atoms with Crippen molar-refractivity contribution >= 4 is 28.1 Å². The summed E-state index contributed by atoms with van der Waals surface area (Å²) in [6.45, 7) is 2.34. The fourth-order valence-electron chi connectivity index (χ4n) is 3.33. The zero-order chi connectivity index (χ0) is 16.2. The van der Waals surface area contributed by atoms with Crippen molar-refractivity contribution < 1.29 is 0 Å². The molecule has 1 saturated heterocycles. The number of nitrogens with zero attached hydrogens (tertiary/aromatic N) is 3. The van der Waals surface area contributed by atoms with E-state index in [0.717, 1.165) is 22.4 Å². The van der Waals surface area contributed by atoms with Gasteiger partial charge >= 0.3 is 0 Å². The molecule has 122 valence electrons. The molecule has 4 heteroatoms. The number of nitrogens with one attached hydrogen (secondary N) is 1. The van der Waals surface area contributed by atoms with E-state index in [1.54, 1.807) is 6.33 Å². The molecule has 1 aliphatic heterocycles. The third-order valence-corrected chi connectivity index (χ3v) is 4.64. The third kappa shape index (κ3) is 3.18. The highest BCUT2D eigenvalue weighted by atomic mass is 15.1. The molecule has 4 nitrogen and oxygen atoms in total. The highest BCUT2D eigenvalue weighted by molar-refractivity contribution is 5.90. The van der Waals surface area contributed by atoms with Gasteiger partial charge < -0.3 is 10.2 Å². The summed E-state index contributed by atoms with van der Waals surface area (Å²) < 4.78 is 0. The van der Waals surface area contributed by atoms with Crippen LogP contribution in [0.25, 0.3) is 10.9 Å². The molecule has 2 heterocycles. The van der Waals surface area contributed by atoms with E-state index in [4.69, 9.17) is 0 Å². The number of fused-ring (bicyclic) bond motifs is 1. The van der Waals surface area contributed by atoms with Crippen LogP contribution in [0, 0.1) is 0 Å². The standard InChI is InChI=1S/C20H22N4/c1-2-6-14-24(13-5-1)17-11-9-16(10-12-17)23-20-18-7-3-4-8-19(18)21-15-22-20/h3-4,7-12,15H,1-2,5-6,13-14H2,(H,21,22,23). The zero-order valence-electron chi connectivity index (χ0n) is 13.8. The Labute approximate surface area is 142 Å². The van der Waals surface area contributed by atoms with Crippen LogP contribution in [0.3, 0.4) is 0 Å². The molecule has 0 bridgehead atoms. The molecule has 0 spiro atoms. The van der Waals surface area contributed by atoms with E-state index >= 15 is 0 Å². The fourth-order valence-corrected chi connectivity index (χ4v) is 3.33. The van der Waals surface area contributed by atoms with Crippen LogP contribution in [0.4, 0.5) is 17.2 Å². The molecular weight excluding hydrogens is 296 g/mol. The lowest BCUT2D eigenvalue weighted by Crippen LogP contribution is -2.23. The van der Waals surface area contributed by atoms with E-state index in [0.29, 0.717) is 0 Å². The average Bonchev–Trinajstić information content (AvgIpc) is 2.92. The molecule has 1 aliphatic rings. The summed E-state index contributed by atoms with van der Waals surface area (Å²) in [6, 6.07) is 16.7. The molecule has 1 aromatic heterocycles. The second-order valence-corrected chi connectivity index (χ2v) is 6.31. The van der Waals surface area contributed by atoms with E-state index in [-0.39, 0.29) is 0 Å². The van der Waals surface area contributed by atoms with Crippen LogP contribution in [0.1, 0.15) is 25.7 Å². The minimum Gasteiger partial charge on any atom is -0.372 e. The van der Waals surface area contributed by atoms with Crippen LogP contribution in [0.5, 0.6) is 0 Å². The number of benzene rings is 2. The maximum absolute atomic E-state index is 4.39. The predicted octanol–water partition coefficient (Wildman–Crippen LogP) is 4.75. The summed E-state index contributed by atoms with van der Waals surface area (Å²) in [6.07, 6.45) is 6.92. The summed E-state index contributed by atoms with van der Waals surface area (Å²) in [4.78, 5) is 11.2. The van der Waals surface area contributed by atoms with Crippen LogP contribution >= 0.6 is 0 Å². The van der Waals surface area contributed by atoms with Crippen molar-refractivity contribution in [2.75, 3.05) is 23.3 Å². The van der Waals surface area contributed by atoms with E-state index in [9.17, 15) is 0 Å². The Morgan fingerprint density at radius 2 is 1.54 bits per heavy atom. The van der Waals surface area contributed by atoms with Gasteiger partial charge in [0.25, 0.3) is 0 Å². The lowest BCUT2D eigenvalue weighted by molar-refractivity contribution is 0.726. The molecule has 1 fully saturated rings. The molecule has 0 unspecified atom stereocenters. The topological polar surface area (TPSA) is 41.0 Å². The second-order valence-electron chi connectivity index (χ2n) is 6.31. The van der Waals surface area contributed by atoms with Crippen LogP contribution in [0.15, 0.2) is 54.9 Å². The van der Waals surface area contributed by atoms with Gasteiger partial charge in [-0.05, 0) is 49.2 Å². The van der Waals surface area contributed by atoms with Gasteiger partial charge in [-0.1, -0.05) is 25.0 Å². The Kier molecular flexibility index (Phi) is 4.28. The zero-order valence-corrected chi connectivity index (χ0v) is 13.8. The Balaban J connectivity index is 1.54. The molecule has 1 N–H and O–H groups in total. The number of para-hydroxylation sites is 1. The highest BCUT2D eigenvalue weighted by Crippen LogP contribution is 2.25. The van der Waals surface area contributed by atoms with Crippen molar-refractivity contribution in [2.24, 2.45) is 0 Å². The smallest absolute Gasteiger partial charge is 0.141 e. The summed E-state index contributed by atoms with van der Waals surface area (Å²) >= 11 is 0. The lowest BCUT2D eigenvalue weighted by atomic mass is 10.2. The molecule has 0 atom stereocenters. The van der Waals surface area contributed by atoms with Gasteiger partial charge in [0.2, 0.25) is 0 Å². The first-order chi connectivity index (χ1) is 11.9. The van der Waals surface area contributed by atoms with E-state index in [2.05, 4.69) is 44.5 Å². The van der Waals surface area contributed by atoms with Crippen molar-refractivity contribution in [1.82, 2.24) is 9.97 Å². The molecule has 3 aromatic rings. The average molecular weight is 318 g/mol. The van der Waals surface area contributed by atoms with Crippen molar-refractivity contribution in [2.45, 2.75) is 25.7 Å². The normalized spacial score (nSPS) is 15.2. The number of hydrogen-bond donors (Lipinski definition) is 1. The van der Waals surface area contributed by atoms with Crippen LogP contribution in [0.2, 0.25) is 0 Å². The summed E-state index contributed by atoms with van der Waals surface area (Å²) in [5.74, 6) is 0.850. The third-order valence-electron chi connectivity index (χ3n) is 4.64. The van der Waals surface area contributed by atoms with Crippen molar-refractivity contribution in [3.8, 4) is 0 Å². The predicted molar refractivity (Wildman–Crippen MR) is 99.9 cm³/mol. The Morgan fingerprint density at radius 1 is 0.792 bits per heavy atom. The molecule has 0 amide bonds. The SMILES string of the molecule is c1ccc2c(Nc3ccc(N4CCCCCC4)cc3)ncnc2c1. The van der Waals surface area contributed by atoms with Gasteiger partial charge in [0.05, 0.1) is 5.52 Å². The Morgan fingerprint density at radius 3 is 2.33 bits per heavy atom. The van der Waals surface area contributed by atoms with Gasteiger partial charge in [-0.25, -0.2) is 9.97 Å². The molecule has 0 aliphatic carbocycles. The minimum absolute atomic E-state index is 0.850. The summed E-state index contributed by atoms with van der Waals surface area (Å²) in [7, 11) is 0. The first-order valence-corrected chi connectivity index (χ1v) is 8.72. The minimum atomic E-state index is 0.850. The first-order valence-electron chi connectivity index (χ1n) is 8.72. The van der Waals surface area contributed by atoms with Crippen LogP contribution in [-0.2, 0) is 0 Å². The van der Waals surface area contributed by atoms with Gasteiger partial charge in [0.15, 0.2) is 0 Å². The molecule has 0 saturated carbocycles. The largest absolute Gasteiger partial charge is 0.372 e. The maximum Gasteiger partial charge on any atom is 0.141 e. The highest BCUT2D eigenvalue weighted by Gasteiger charge is 2.10. The van der Waals surface area contributed by atoms with Crippen molar-refractivity contribution in [3.63, 3.8) is 0 Å². The maximum atomic E-state index is 4.39. The quantitative estimate of drug-likeness (QED) is 0.756. The molecule has 2 aromatic carbocycles. The van der Waals surface area contributed by atoms with Crippen molar-refractivity contribution in [1.29, 1.82) is 0 Å².